The third-order valence-electron chi connectivity index (χ3n) is 3.10. The molecule has 1 atom stereocenters. The van der Waals surface area contributed by atoms with Gasteiger partial charge in [0.25, 0.3) is 5.91 Å². The molecule has 0 spiro atoms. The zero-order valence-corrected chi connectivity index (χ0v) is 11.4. The van der Waals surface area contributed by atoms with Crippen LogP contribution in [0.2, 0.25) is 0 Å². The minimum atomic E-state index is -1.01. The van der Waals surface area contributed by atoms with Crippen LogP contribution < -0.4 is 5.32 Å². The Morgan fingerprint density at radius 2 is 2.05 bits per heavy atom. The number of aryl methyl sites for hydroxylation is 1. The van der Waals surface area contributed by atoms with E-state index < -0.39 is 12.0 Å². The molecule has 8 nitrogen and oxygen atoms in total. The van der Waals surface area contributed by atoms with Crippen molar-refractivity contribution in [2.75, 3.05) is 5.32 Å². The van der Waals surface area contributed by atoms with Crippen LogP contribution in [-0.2, 0) is 11.8 Å². The quantitative estimate of drug-likeness (QED) is 0.861. The second kappa shape index (κ2) is 5.16. The van der Waals surface area contributed by atoms with Crippen LogP contribution in [0.5, 0.6) is 0 Å². The summed E-state index contributed by atoms with van der Waals surface area (Å²) in [5.74, 6) is -1.37. The minimum Gasteiger partial charge on any atom is -0.480 e. The molecule has 2 aromatic heterocycles. The molecule has 1 unspecified atom stereocenters. The van der Waals surface area contributed by atoms with Crippen LogP contribution in [0.3, 0.4) is 0 Å². The molecule has 0 bridgehead atoms. The van der Waals surface area contributed by atoms with E-state index in [0.29, 0.717) is 11.3 Å². The van der Waals surface area contributed by atoms with Crippen molar-refractivity contribution >= 4 is 17.6 Å². The van der Waals surface area contributed by atoms with Crippen molar-refractivity contribution in [2.24, 2.45) is 7.05 Å². The molecular weight excluding hydrogens is 262 g/mol. The van der Waals surface area contributed by atoms with Gasteiger partial charge in [0.05, 0.1) is 29.3 Å². The van der Waals surface area contributed by atoms with Gasteiger partial charge in [0.1, 0.15) is 6.04 Å². The molecule has 0 radical (unpaired) electrons. The van der Waals surface area contributed by atoms with Crippen molar-refractivity contribution in [1.82, 2.24) is 19.6 Å². The van der Waals surface area contributed by atoms with Crippen molar-refractivity contribution in [2.45, 2.75) is 19.9 Å². The van der Waals surface area contributed by atoms with Gasteiger partial charge < -0.3 is 10.4 Å². The number of hydrogen-bond donors (Lipinski definition) is 2. The average Bonchev–Trinajstić information content (AvgIpc) is 3.00. The Balaban J connectivity index is 2.14. The second-order valence-corrected chi connectivity index (χ2v) is 4.44. The molecule has 2 heterocycles. The molecular formula is C12H15N5O3. The summed E-state index contributed by atoms with van der Waals surface area (Å²) in [4.78, 5) is 22.9. The van der Waals surface area contributed by atoms with Crippen LogP contribution in [0.25, 0.3) is 0 Å². The van der Waals surface area contributed by atoms with E-state index in [4.69, 9.17) is 5.11 Å². The third kappa shape index (κ3) is 2.53. The average molecular weight is 277 g/mol. The fraction of sp³-hybridized carbons (Fsp3) is 0.333. The number of carbonyl (C=O) groups excluding carboxylic acids is 1. The highest BCUT2D eigenvalue weighted by Gasteiger charge is 2.17. The lowest BCUT2D eigenvalue weighted by Crippen LogP contribution is -2.16. The maximum absolute atomic E-state index is 12.0. The van der Waals surface area contributed by atoms with Gasteiger partial charge in [-0.3, -0.25) is 14.2 Å². The number of carbonyl (C=O) groups is 2. The molecule has 2 rings (SSSR count). The van der Waals surface area contributed by atoms with Crippen molar-refractivity contribution in [3.63, 3.8) is 0 Å². The number of aromatic nitrogens is 4. The number of nitrogens with one attached hydrogen (secondary N) is 1. The normalized spacial score (nSPS) is 12.2. The summed E-state index contributed by atoms with van der Waals surface area (Å²) >= 11 is 0. The summed E-state index contributed by atoms with van der Waals surface area (Å²) in [7, 11) is 1.78. The number of hydrogen-bond acceptors (Lipinski definition) is 4. The molecule has 2 aromatic rings. The SMILES string of the molecule is Cc1c(NC(=O)c2cnn(C(C)C(=O)O)c2)cnn1C. The minimum absolute atomic E-state index is 0.293. The summed E-state index contributed by atoms with van der Waals surface area (Å²) in [5.41, 5.74) is 1.72. The highest BCUT2D eigenvalue weighted by molar-refractivity contribution is 6.04. The molecule has 0 aliphatic rings. The van der Waals surface area contributed by atoms with Gasteiger partial charge in [-0.2, -0.15) is 10.2 Å². The third-order valence-corrected chi connectivity index (χ3v) is 3.10. The summed E-state index contributed by atoms with van der Waals surface area (Å²) in [6.07, 6.45) is 4.29. The summed E-state index contributed by atoms with van der Waals surface area (Å²) in [6.45, 7) is 3.32. The van der Waals surface area contributed by atoms with E-state index in [0.717, 1.165) is 5.69 Å². The van der Waals surface area contributed by atoms with Gasteiger partial charge >= 0.3 is 5.97 Å². The summed E-state index contributed by atoms with van der Waals surface area (Å²) < 4.78 is 2.87. The molecule has 0 fully saturated rings. The lowest BCUT2D eigenvalue weighted by molar-refractivity contribution is -0.140. The predicted molar refractivity (Wildman–Crippen MR) is 70.5 cm³/mol. The Morgan fingerprint density at radius 3 is 2.60 bits per heavy atom. The second-order valence-electron chi connectivity index (χ2n) is 4.44. The Hall–Kier alpha value is -2.64. The molecule has 8 heteroatoms. The fourth-order valence-corrected chi connectivity index (χ4v) is 1.60. The van der Waals surface area contributed by atoms with Gasteiger partial charge in [0.2, 0.25) is 0 Å². The Kier molecular flexibility index (Phi) is 3.55. The van der Waals surface area contributed by atoms with Crippen LogP contribution in [0.1, 0.15) is 29.0 Å². The molecule has 1 amide bonds. The molecule has 2 N–H and O–H groups in total. The number of carboxylic acids is 1. The number of nitrogens with zero attached hydrogens (tertiary/aromatic N) is 4. The Labute approximate surface area is 115 Å². The van der Waals surface area contributed by atoms with Gasteiger partial charge in [-0.05, 0) is 13.8 Å². The van der Waals surface area contributed by atoms with E-state index in [9.17, 15) is 9.59 Å². The number of carboxylic acid groups (broad SMARTS) is 1. The molecule has 0 saturated carbocycles. The zero-order chi connectivity index (χ0) is 14.9. The number of rotatable bonds is 4. The first kappa shape index (κ1) is 13.8. The first-order valence-electron chi connectivity index (χ1n) is 5.97. The van der Waals surface area contributed by atoms with Crippen LogP contribution in [0.15, 0.2) is 18.6 Å². The molecule has 20 heavy (non-hydrogen) atoms. The predicted octanol–water partition coefficient (Wildman–Crippen LogP) is 0.823. The molecule has 0 aliphatic carbocycles. The molecule has 0 aromatic carbocycles. The van der Waals surface area contributed by atoms with Crippen molar-refractivity contribution in [3.8, 4) is 0 Å². The lowest BCUT2D eigenvalue weighted by Gasteiger charge is -2.05. The molecule has 0 saturated heterocycles. The van der Waals surface area contributed by atoms with Gasteiger partial charge in [-0.1, -0.05) is 0 Å². The van der Waals surface area contributed by atoms with E-state index in [1.165, 1.54) is 24.0 Å². The van der Waals surface area contributed by atoms with E-state index in [1.807, 2.05) is 6.92 Å². The van der Waals surface area contributed by atoms with E-state index in [1.54, 1.807) is 17.9 Å². The standard InChI is InChI=1S/C12H15N5O3/c1-7-10(5-13-16(7)3)15-11(18)9-4-14-17(6-9)8(2)12(19)20/h4-6,8H,1-3H3,(H,15,18)(H,19,20). The number of aliphatic carboxylic acids is 1. The van der Waals surface area contributed by atoms with Crippen molar-refractivity contribution in [1.29, 1.82) is 0 Å². The van der Waals surface area contributed by atoms with Gasteiger partial charge in [0, 0.05) is 13.2 Å². The van der Waals surface area contributed by atoms with Gasteiger partial charge in [-0.15, -0.1) is 0 Å². The number of amides is 1. The van der Waals surface area contributed by atoms with Gasteiger partial charge in [0.15, 0.2) is 0 Å². The summed E-state index contributed by atoms with van der Waals surface area (Å²) in [6, 6.07) is -0.823. The lowest BCUT2D eigenvalue weighted by atomic mass is 10.3. The van der Waals surface area contributed by atoms with E-state index >= 15 is 0 Å². The Morgan fingerprint density at radius 1 is 1.35 bits per heavy atom. The maximum atomic E-state index is 12.0. The number of anilines is 1. The van der Waals surface area contributed by atoms with Crippen LogP contribution >= 0.6 is 0 Å². The fourth-order valence-electron chi connectivity index (χ4n) is 1.60. The van der Waals surface area contributed by atoms with Crippen LogP contribution in [0.4, 0.5) is 5.69 Å². The molecule has 0 aliphatic heterocycles. The van der Waals surface area contributed by atoms with Crippen molar-refractivity contribution < 1.29 is 14.7 Å². The topological polar surface area (TPSA) is 102 Å². The highest BCUT2D eigenvalue weighted by Crippen LogP contribution is 2.14. The van der Waals surface area contributed by atoms with Crippen LogP contribution in [-0.4, -0.2) is 36.5 Å². The van der Waals surface area contributed by atoms with Crippen molar-refractivity contribution in [3.05, 3.63) is 29.8 Å². The zero-order valence-electron chi connectivity index (χ0n) is 11.4. The van der Waals surface area contributed by atoms with E-state index in [2.05, 4.69) is 15.5 Å². The Bertz CT molecular complexity index is 658. The molecule has 106 valence electrons. The maximum Gasteiger partial charge on any atom is 0.328 e. The first-order valence-corrected chi connectivity index (χ1v) is 5.97. The van der Waals surface area contributed by atoms with E-state index in [-0.39, 0.29) is 5.91 Å². The van der Waals surface area contributed by atoms with Gasteiger partial charge in [-0.25, -0.2) is 4.79 Å². The largest absolute Gasteiger partial charge is 0.480 e. The smallest absolute Gasteiger partial charge is 0.328 e. The van der Waals surface area contributed by atoms with Crippen LogP contribution in [0, 0.1) is 6.92 Å². The first-order chi connectivity index (χ1) is 9.40. The summed E-state index contributed by atoms with van der Waals surface area (Å²) in [5, 5.41) is 19.5. The highest BCUT2D eigenvalue weighted by atomic mass is 16.4. The monoisotopic (exact) mass is 277 g/mol.